The Morgan fingerprint density at radius 3 is 1.05 bits per heavy atom. The van der Waals surface area contributed by atoms with Crippen LogP contribution in [0.25, 0.3) is 0 Å². The zero-order valence-corrected chi connectivity index (χ0v) is 42.1. The first-order chi connectivity index (χ1) is 32.5. The minimum atomic E-state index is -0.878. The van der Waals surface area contributed by atoms with Gasteiger partial charge < -0.3 is 14.2 Å². The van der Waals surface area contributed by atoms with Gasteiger partial charge in [0.15, 0.2) is 6.10 Å². The molecule has 0 heterocycles. The van der Waals surface area contributed by atoms with Crippen LogP contribution in [0.3, 0.4) is 0 Å². The van der Waals surface area contributed by atoms with Gasteiger partial charge in [0.05, 0.1) is 12.8 Å². The minimum absolute atomic E-state index is 0.0714. The average molecular weight is 911 g/mol. The molecule has 0 aromatic carbocycles. The smallest absolute Gasteiger partial charge is 0.310 e. The second-order valence-electron chi connectivity index (χ2n) is 16.7. The van der Waals surface area contributed by atoms with E-state index >= 15 is 0 Å². The number of hydrogen-bond acceptors (Lipinski definition) is 6. The Morgan fingerprint density at radius 2 is 0.652 bits per heavy atom. The van der Waals surface area contributed by atoms with Crippen molar-refractivity contribution in [3.05, 3.63) is 134 Å². The molecule has 370 valence electrons. The van der Waals surface area contributed by atoms with Crippen LogP contribution in [0.5, 0.6) is 0 Å². The van der Waals surface area contributed by atoms with Crippen molar-refractivity contribution in [3.63, 3.8) is 0 Å². The molecule has 0 amide bonds. The number of rotatable bonds is 45. The fraction of sp³-hybridized carbons (Fsp3) is 0.583. The fourth-order valence-electron chi connectivity index (χ4n) is 6.58. The van der Waals surface area contributed by atoms with E-state index in [0.717, 1.165) is 70.6 Å². The van der Waals surface area contributed by atoms with E-state index in [9.17, 15) is 14.4 Å². The Labute approximate surface area is 405 Å². The Bertz CT molecular complexity index is 1460. The molecular formula is C60H94O6. The van der Waals surface area contributed by atoms with E-state index in [0.29, 0.717) is 19.3 Å². The number of esters is 3. The average Bonchev–Trinajstić information content (AvgIpc) is 3.31. The van der Waals surface area contributed by atoms with E-state index in [1.807, 2.05) is 12.2 Å². The molecule has 1 unspecified atom stereocenters. The Kier molecular flexibility index (Phi) is 49.6. The molecule has 0 aliphatic rings. The Balaban J connectivity index is 4.62. The normalized spacial score (nSPS) is 13.2. The van der Waals surface area contributed by atoms with E-state index in [1.165, 1.54) is 83.5 Å². The van der Waals surface area contributed by atoms with E-state index < -0.39 is 18.0 Å². The number of allylic oxidation sites excluding steroid dienone is 20. The van der Waals surface area contributed by atoms with Gasteiger partial charge in [-0.2, -0.15) is 0 Å². The van der Waals surface area contributed by atoms with E-state index in [1.54, 1.807) is 12.2 Å². The first-order valence-corrected chi connectivity index (χ1v) is 26.2. The highest BCUT2D eigenvalue weighted by molar-refractivity contribution is 5.72. The summed E-state index contributed by atoms with van der Waals surface area (Å²) < 4.78 is 16.6. The molecule has 0 saturated heterocycles. The largest absolute Gasteiger partial charge is 0.462 e. The second-order valence-corrected chi connectivity index (χ2v) is 16.7. The van der Waals surface area contributed by atoms with E-state index in [-0.39, 0.29) is 32.0 Å². The van der Waals surface area contributed by atoms with Crippen LogP contribution in [0.15, 0.2) is 134 Å². The fourth-order valence-corrected chi connectivity index (χ4v) is 6.58. The summed E-state index contributed by atoms with van der Waals surface area (Å²) in [5.41, 5.74) is 0. The highest BCUT2D eigenvalue weighted by Crippen LogP contribution is 2.13. The van der Waals surface area contributed by atoms with Crippen LogP contribution >= 0.6 is 0 Å². The van der Waals surface area contributed by atoms with Crippen LogP contribution in [0, 0.1) is 0 Å². The number of unbranched alkanes of at least 4 members (excludes halogenated alkanes) is 14. The molecule has 0 bridgehead atoms. The first-order valence-electron chi connectivity index (χ1n) is 26.2. The second kappa shape index (κ2) is 53.2. The predicted octanol–water partition coefficient (Wildman–Crippen LogP) is 17.5. The van der Waals surface area contributed by atoms with E-state index in [4.69, 9.17) is 14.2 Å². The van der Waals surface area contributed by atoms with Crippen LogP contribution in [0.4, 0.5) is 0 Å². The lowest BCUT2D eigenvalue weighted by molar-refractivity contribution is -0.166. The quantitative estimate of drug-likeness (QED) is 0.0262. The van der Waals surface area contributed by atoms with Gasteiger partial charge in [0.25, 0.3) is 0 Å². The molecule has 0 aromatic heterocycles. The van der Waals surface area contributed by atoms with Gasteiger partial charge in [0, 0.05) is 6.42 Å². The topological polar surface area (TPSA) is 78.9 Å². The molecule has 0 N–H and O–H groups in total. The lowest BCUT2D eigenvalue weighted by Gasteiger charge is -2.17. The summed E-state index contributed by atoms with van der Waals surface area (Å²) in [5.74, 6) is -1.23. The van der Waals surface area contributed by atoms with Gasteiger partial charge in [-0.25, -0.2) is 0 Å². The molecule has 66 heavy (non-hydrogen) atoms. The molecule has 6 heteroatoms. The lowest BCUT2D eigenvalue weighted by atomic mass is 10.1. The van der Waals surface area contributed by atoms with Gasteiger partial charge in [0.2, 0.25) is 0 Å². The zero-order chi connectivity index (χ0) is 47.9. The maximum Gasteiger partial charge on any atom is 0.310 e. The highest BCUT2D eigenvalue weighted by atomic mass is 16.6. The maximum atomic E-state index is 12.7. The highest BCUT2D eigenvalue weighted by Gasteiger charge is 2.19. The molecule has 0 aliphatic heterocycles. The maximum absolute atomic E-state index is 12.7. The van der Waals surface area contributed by atoms with Crippen molar-refractivity contribution in [3.8, 4) is 0 Å². The third-order valence-corrected chi connectivity index (χ3v) is 10.4. The van der Waals surface area contributed by atoms with Crippen molar-refractivity contribution in [2.75, 3.05) is 13.2 Å². The molecule has 0 rings (SSSR count). The molecule has 0 fully saturated rings. The van der Waals surface area contributed by atoms with Gasteiger partial charge in [-0.05, 0) is 96.3 Å². The SMILES string of the molecule is CC/C=C\C/C=C\C/C=C\C/C=C\C/C=C\CC(=O)OCC(COC(=O)CCCCCCCCC/C=C\CCCCCCCCC)OC(=O)C/C=C\C/C=C\C/C=C\C/C=C\C/C=C\CC. The van der Waals surface area contributed by atoms with Gasteiger partial charge in [-0.15, -0.1) is 0 Å². The van der Waals surface area contributed by atoms with Crippen molar-refractivity contribution in [2.45, 2.75) is 213 Å². The zero-order valence-electron chi connectivity index (χ0n) is 42.1. The van der Waals surface area contributed by atoms with Crippen LogP contribution in [0.2, 0.25) is 0 Å². The van der Waals surface area contributed by atoms with Crippen LogP contribution in [-0.2, 0) is 28.6 Å². The molecule has 0 aromatic rings. The van der Waals surface area contributed by atoms with Gasteiger partial charge in [-0.3, -0.25) is 14.4 Å². The van der Waals surface area contributed by atoms with Gasteiger partial charge in [0.1, 0.15) is 13.2 Å². The first kappa shape index (κ1) is 61.5. The monoisotopic (exact) mass is 911 g/mol. The summed E-state index contributed by atoms with van der Waals surface area (Å²) in [6.07, 6.45) is 74.9. The van der Waals surface area contributed by atoms with Gasteiger partial charge in [-0.1, -0.05) is 225 Å². The summed E-state index contributed by atoms with van der Waals surface area (Å²) in [6.45, 7) is 6.21. The van der Waals surface area contributed by atoms with Crippen LogP contribution < -0.4 is 0 Å². The predicted molar refractivity (Wildman–Crippen MR) is 283 cm³/mol. The van der Waals surface area contributed by atoms with Crippen molar-refractivity contribution in [1.29, 1.82) is 0 Å². The number of hydrogen-bond donors (Lipinski definition) is 0. The molecule has 6 nitrogen and oxygen atoms in total. The summed E-state index contributed by atoms with van der Waals surface area (Å²) in [6, 6.07) is 0. The number of carbonyl (C=O) groups is 3. The Morgan fingerprint density at radius 1 is 0.333 bits per heavy atom. The summed E-state index contributed by atoms with van der Waals surface area (Å²) in [5, 5.41) is 0. The molecule has 1 atom stereocenters. The standard InChI is InChI=1S/C60H94O6/c1-4-7-10-13-16-19-22-25-28-29-30-33-35-38-41-44-47-50-53-59(62)65-56-57(66-60(63)54-51-48-45-42-39-36-32-27-24-21-18-15-12-9-6-3)55-64-58(61)52-49-46-43-40-37-34-31-26-23-20-17-14-11-8-5-2/h8-9,11-12,17-18,20-21,26-29,31-32,37,39-40,42,46,48-49,51,57H,4-7,10,13-16,19,22-25,30,33-36,38,41,43-45,47,50,52-56H2,1-3H3/b11-8-,12-9-,20-17-,21-18-,29-28-,31-26-,32-27-,40-37-,42-39-,49-46-,51-48-. The van der Waals surface area contributed by atoms with Crippen molar-refractivity contribution in [2.24, 2.45) is 0 Å². The molecule has 0 radical (unpaired) electrons. The molecular weight excluding hydrogens is 817 g/mol. The summed E-state index contributed by atoms with van der Waals surface area (Å²) in [7, 11) is 0. The minimum Gasteiger partial charge on any atom is -0.462 e. The Hall–Kier alpha value is -4.45. The van der Waals surface area contributed by atoms with Crippen molar-refractivity contribution in [1.82, 2.24) is 0 Å². The van der Waals surface area contributed by atoms with Crippen molar-refractivity contribution >= 4 is 17.9 Å². The summed E-state index contributed by atoms with van der Waals surface area (Å²) in [4.78, 5) is 37.9. The third-order valence-electron chi connectivity index (χ3n) is 10.4. The molecule has 0 spiro atoms. The van der Waals surface area contributed by atoms with Crippen LogP contribution in [-0.4, -0.2) is 37.2 Å². The van der Waals surface area contributed by atoms with Gasteiger partial charge >= 0.3 is 17.9 Å². The number of ether oxygens (including phenoxy) is 3. The lowest BCUT2D eigenvalue weighted by Crippen LogP contribution is -2.30. The summed E-state index contributed by atoms with van der Waals surface area (Å²) >= 11 is 0. The van der Waals surface area contributed by atoms with Crippen molar-refractivity contribution < 1.29 is 28.6 Å². The third kappa shape index (κ3) is 50.5. The van der Waals surface area contributed by atoms with E-state index in [2.05, 4.69) is 130 Å². The number of carbonyl (C=O) groups excluding carboxylic acids is 3. The molecule has 0 saturated carbocycles. The van der Waals surface area contributed by atoms with Crippen LogP contribution in [0.1, 0.15) is 207 Å². The molecule has 0 aliphatic carbocycles.